The van der Waals surface area contributed by atoms with Gasteiger partial charge in [-0.25, -0.2) is 0 Å². The van der Waals surface area contributed by atoms with Gasteiger partial charge in [0.15, 0.2) is 23.0 Å². The van der Waals surface area contributed by atoms with Gasteiger partial charge in [0.05, 0.1) is 11.4 Å². The monoisotopic (exact) mass is 541 g/mol. The van der Waals surface area contributed by atoms with Gasteiger partial charge in [0, 0.05) is 36.9 Å². The molecule has 0 bridgehead atoms. The molecular formula is C34H20ClNO2S. The normalized spacial score (nSPS) is 12.1. The van der Waals surface area contributed by atoms with Crippen molar-refractivity contribution < 1.29 is 9.47 Å². The van der Waals surface area contributed by atoms with Crippen LogP contribution in [0.4, 0.5) is 17.1 Å². The summed E-state index contributed by atoms with van der Waals surface area (Å²) < 4.78 is 14.8. The topological polar surface area (TPSA) is 21.7 Å². The lowest BCUT2D eigenvalue weighted by molar-refractivity contribution is 0.360. The number of ether oxygens (including phenoxy) is 2. The molecule has 5 heteroatoms. The number of fused-ring (bicyclic) bond motifs is 6. The Morgan fingerprint density at radius 1 is 0.538 bits per heavy atom. The van der Waals surface area contributed by atoms with Crippen LogP contribution in [0.2, 0.25) is 5.02 Å². The quantitative estimate of drug-likeness (QED) is 0.222. The number of thiophene rings is 1. The van der Waals surface area contributed by atoms with Crippen LogP contribution in [0.3, 0.4) is 0 Å². The molecule has 1 aliphatic heterocycles. The summed E-state index contributed by atoms with van der Waals surface area (Å²) in [5, 5.41) is 5.44. The minimum absolute atomic E-state index is 0.672. The van der Waals surface area contributed by atoms with Crippen molar-refractivity contribution in [3.8, 4) is 23.0 Å². The van der Waals surface area contributed by atoms with Gasteiger partial charge in [-0.2, -0.15) is 0 Å². The Kier molecular flexibility index (Phi) is 5.05. The maximum absolute atomic E-state index is 6.77. The van der Waals surface area contributed by atoms with Crippen LogP contribution in [0.25, 0.3) is 30.9 Å². The molecule has 0 atom stereocenters. The molecule has 1 aliphatic rings. The van der Waals surface area contributed by atoms with E-state index in [-0.39, 0.29) is 0 Å². The van der Waals surface area contributed by atoms with E-state index < -0.39 is 0 Å². The van der Waals surface area contributed by atoms with Crippen LogP contribution in [0.5, 0.6) is 23.0 Å². The summed E-state index contributed by atoms with van der Waals surface area (Å²) in [6.45, 7) is 0. The zero-order valence-electron chi connectivity index (χ0n) is 20.6. The largest absolute Gasteiger partial charge is 0.450 e. The van der Waals surface area contributed by atoms with Crippen molar-refractivity contribution in [2.45, 2.75) is 0 Å². The summed E-state index contributed by atoms with van der Waals surface area (Å²) in [6, 6.07) is 41.4. The molecule has 39 heavy (non-hydrogen) atoms. The van der Waals surface area contributed by atoms with Gasteiger partial charge < -0.3 is 14.4 Å². The number of anilines is 3. The highest BCUT2D eigenvalue weighted by Gasteiger charge is 2.24. The molecular weight excluding hydrogens is 522 g/mol. The van der Waals surface area contributed by atoms with Gasteiger partial charge in [-0.15, -0.1) is 11.3 Å². The van der Waals surface area contributed by atoms with E-state index in [9.17, 15) is 0 Å². The number of halogens is 1. The van der Waals surface area contributed by atoms with E-state index >= 15 is 0 Å². The third-order valence-corrected chi connectivity index (χ3v) is 8.47. The van der Waals surface area contributed by atoms with E-state index in [1.54, 1.807) is 11.3 Å². The first kappa shape index (κ1) is 22.5. The zero-order valence-corrected chi connectivity index (χ0v) is 22.2. The van der Waals surface area contributed by atoms with E-state index in [0.717, 1.165) is 21.8 Å². The van der Waals surface area contributed by atoms with Crippen molar-refractivity contribution in [1.29, 1.82) is 0 Å². The van der Waals surface area contributed by atoms with Crippen LogP contribution in [-0.2, 0) is 0 Å². The Labute approximate surface area is 234 Å². The van der Waals surface area contributed by atoms with Crippen LogP contribution >= 0.6 is 22.9 Å². The Bertz CT molecular complexity index is 2060. The van der Waals surface area contributed by atoms with E-state index in [1.807, 2.05) is 36.4 Å². The Morgan fingerprint density at radius 2 is 1.21 bits per heavy atom. The highest BCUT2D eigenvalue weighted by Crippen LogP contribution is 2.50. The predicted molar refractivity (Wildman–Crippen MR) is 163 cm³/mol. The second-order valence-corrected chi connectivity index (χ2v) is 11.1. The van der Waals surface area contributed by atoms with Gasteiger partial charge in [-0.05, 0) is 65.4 Å². The van der Waals surface area contributed by atoms with Gasteiger partial charge in [0.1, 0.15) is 0 Å². The van der Waals surface area contributed by atoms with E-state index in [1.165, 1.54) is 26.2 Å². The Morgan fingerprint density at radius 3 is 2.08 bits per heavy atom. The summed E-state index contributed by atoms with van der Waals surface area (Å²) in [4.78, 5) is 2.27. The molecule has 0 saturated carbocycles. The van der Waals surface area contributed by atoms with Gasteiger partial charge in [-0.1, -0.05) is 72.3 Å². The molecule has 0 radical (unpaired) electrons. The fourth-order valence-corrected chi connectivity index (χ4v) is 6.82. The molecule has 0 unspecified atom stereocenters. The molecule has 7 aromatic rings. The van der Waals surface area contributed by atoms with Crippen molar-refractivity contribution in [3.63, 3.8) is 0 Å². The van der Waals surface area contributed by atoms with Crippen LogP contribution in [-0.4, -0.2) is 0 Å². The smallest absolute Gasteiger partial charge is 0.172 e. The van der Waals surface area contributed by atoms with Crippen LogP contribution in [0, 0.1) is 0 Å². The summed E-state index contributed by atoms with van der Waals surface area (Å²) >= 11 is 8.53. The number of para-hydroxylation sites is 2. The first-order valence-corrected chi connectivity index (χ1v) is 13.9. The lowest BCUT2D eigenvalue weighted by Gasteiger charge is -2.28. The zero-order chi connectivity index (χ0) is 25.9. The molecule has 0 fully saturated rings. The van der Waals surface area contributed by atoms with Crippen LogP contribution in [0.1, 0.15) is 0 Å². The molecule has 2 heterocycles. The molecule has 3 nitrogen and oxygen atoms in total. The maximum atomic E-state index is 6.77. The minimum atomic E-state index is 0.672. The highest BCUT2D eigenvalue weighted by molar-refractivity contribution is 7.26. The van der Waals surface area contributed by atoms with Crippen LogP contribution < -0.4 is 14.4 Å². The van der Waals surface area contributed by atoms with Gasteiger partial charge in [-0.3, -0.25) is 0 Å². The molecule has 0 N–H and O–H groups in total. The Hall–Kier alpha value is -4.51. The molecule has 0 spiro atoms. The summed E-state index contributed by atoms with van der Waals surface area (Å²) in [6.07, 6.45) is 0. The standard InChI is InChI=1S/C34H20ClNO2S/c35-23-18-27(34-26-9-3-6-12-32(26)39-33(34)19-23)36(24-14-13-21-7-1-2-8-22(21)17-24)25-15-16-30-31(20-25)38-29-11-5-4-10-28(29)37-30/h1-20H. The van der Waals surface area contributed by atoms with Gasteiger partial charge in [0.2, 0.25) is 0 Å². The van der Waals surface area contributed by atoms with Gasteiger partial charge >= 0.3 is 0 Å². The average Bonchev–Trinajstić information content (AvgIpc) is 3.34. The van der Waals surface area contributed by atoms with Gasteiger partial charge in [0.25, 0.3) is 0 Å². The third kappa shape index (κ3) is 3.72. The summed E-state index contributed by atoms with van der Waals surface area (Å²) in [7, 11) is 0. The number of hydrogen-bond acceptors (Lipinski definition) is 4. The molecule has 1 aromatic heterocycles. The highest BCUT2D eigenvalue weighted by atomic mass is 35.5. The summed E-state index contributed by atoms with van der Waals surface area (Å²) in [5.74, 6) is 2.78. The van der Waals surface area contributed by atoms with Crippen molar-refractivity contribution in [1.82, 2.24) is 0 Å². The summed E-state index contributed by atoms with van der Waals surface area (Å²) in [5.41, 5.74) is 3.00. The number of rotatable bonds is 3. The fourth-order valence-electron chi connectivity index (χ4n) is 5.37. The Balaban J connectivity index is 1.39. The second-order valence-electron chi connectivity index (χ2n) is 9.55. The first-order chi connectivity index (χ1) is 19.2. The second kappa shape index (κ2) is 8.77. The van der Waals surface area contributed by atoms with E-state index in [4.69, 9.17) is 21.1 Å². The lowest BCUT2D eigenvalue weighted by Crippen LogP contribution is -2.11. The SMILES string of the molecule is Clc1cc(N(c2ccc3c(c2)Oc2ccccc2O3)c2ccc3ccccc3c2)c2c(c1)sc1ccccc12. The molecule has 8 rings (SSSR count). The number of hydrogen-bond donors (Lipinski definition) is 0. The fraction of sp³-hybridized carbons (Fsp3) is 0. The van der Waals surface area contributed by atoms with Crippen molar-refractivity contribution >= 4 is 70.9 Å². The average molecular weight is 542 g/mol. The third-order valence-electron chi connectivity index (χ3n) is 7.13. The lowest BCUT2D eigenvalue weighted by atomic mass is 10.1. The molecule has 6 aromatic carbocycles. The molecule has 0 amide bonds. The molecule has 186 valence electrons. The number of nitrogens with zero attached hydrogens (tertiary/aromatic N) is 1. The molecule has 0 saturated heterocycles. The molecule has 0 aliphatic carbocycles. The minimum Gasteiger partial charge on any atom is -0.450 e. The predicted octanol–water partition coefficient (Wildman–Crippen LogP) is 11.2. The van der Waals surface area contributed by atoms with Crippen molar-refractivity contribution in [3.05, 3.63) is 126 Å². The van der Waals surface area contributed by atoms with E-state index in [0.29, 0.717) is 28.0 Å². The first-order valence-electron chi connectivity index (χ1n) is 12.7. The van der Waals surface area contributed by atoms with Crippen LogP contribution in [0.15, 0.2) is 121 Å². The van der Waals surface area contributed by atoms with Crippen molar-refractivity contribution in [2.24, 2.45) is 0 Å². The van der Waals surface area contributed by atoms with E-state index in [2.05, 4.69) is 89.8 Å². The maximum Gasteiger partial charge on any atom is 0.172 e. The van der Waals surface area contributed by atoms with Crippen molar-refractivity contribution in [2.75, 3.05) is 4.90 Å². The number of benzene rings is 6.